The molecule has 1 aliphatic carbocycles. The van der Waals surface area contributed by atoms with Crippen molar-refractivity contribution in [3.8, 4) is 11.5 Å². The van der Waals surface area contributed by atoms with Crippen molar-refractivity contribution in [3.63, 3.8) is 0 Å². The largest absolute Gasteiger partial charge is 0.493 e. The van der Waals surface area contributed by atoms with Gasteiger partial charge in [0.05, 0.1) is 26.9 Å². The molecule has 1 spiro atoms. The number of carbonyl (C=O) groups is 2. The molecule has 1 N–H and O–H groups in total. The van der Waals surface area contributed by atoms with Crippen LogP contribution in [0.1, 0.15) is 63.1 Å². The average molecular weight is 460 g/mol. The molecule has 3 aliphatic rings. The molecule has 182 valence electrons. The number of amides is 2. The summed E-state index contributed by atoms with van der Waals surface area (Å²) in [5.74, 6) is 1.44. The summed E-state index contributed by atoms with van der Waals surface area (Å²) in [5, 5.41) is 3.16. The third-order valence-electron chi connectivity index (χ3n) is 7.74. The highest BCUT2D eigenvalue weighted by atomic mass is 16.6. The molecule has 0 radical (unpaired) electrons. The Labute approximate surface area is 196 Å². The van der Waals surface area contributed by atoms with E-state index >= 15 is 0 Å². The summed E-state index contributed by atoms with van der Waals surface area (Å²) >= 11 is 0. The van der Waals surface area contributed by atoms with Gasteiger partial charge in [-0.2, -0.15) is 0 Å². The van der Waals surface area contributed by atoms with Crippen molar-refractivity contribution in [2.75, 3.05) is 47.0 Å². The molecule has 0 unspecified atom stereocenters. The van der Waals surface area contributed by atoms with Crippen molar-refractivity contribution >= 4 is 12.0 Å². The molecular formula is C25H37N3O5. The molecule has 1 atom stereocenters. The molecule has 8 nitrogen and oxygen atoms in total. The first kappa shape index (κ1) is 23.7. The Bertz CT molecular complexity index is 873. The van der Waals surface area contributed by atoms with E-state index < -0.39 is 0 Å². The highest BCUT2D eigenvalue weighted by Crippen LogP contribution is 2.53. The lowest BCUT2D eigenvalue weighted by atomic mass is 9.73. The predicted molar refractivity (Wildman–Crippen MR) is 125 cm³/mol. The minimum atomic E-state index is -0.190. The van der Waals surface area contributed by atoms with Crippen LogP contribution in [0.2, 0.25) is 0 Å². The van der Waals surface area contributed by atoms with E-state index in [0.29, 0.717) is 18.4 Å². The van der Waals surface area contributed by atoms with Gasteiger partial charge >= 0.3 is 6.09 Å². The van der Waals surface area contributed by atoms with Crippen molar-refractivity contribution in [1.29, 1.82) is 0 Å². The fourth-order valence-corrected chi connectivity index (χ4v) is 6.05. The van der Waals surface area contributed by atoms with E-state index in [4.69, 9.17) is 14.2 Å². The van der Waals surface area contributed by atoms with Gasteiger partial charge in [0.1, 0.15) is 0 Å². The quantitative estimate of drug-likeness (QED) is 0.728. The smallest absolute Gasteiger partial charge is 0.409 e. The Hall–Kier alpha value is -2.48. The van der Waals surface area contributed by atoms with E-state index in [1.54, 1.807) is 21.1 Å². The summed E-state index contributed by atoms with van der Waals surface area (Å²) < 4.78 is 16.3. The lowest BCUT2D eigenvalue weighted by Gasteiger charge is -2.45. The van der Waals surface area contributed by atoms with Gasteiger partial charge in [-0.25, -0.2) is 4.79 Å². The zero-order valence-electron chi connectivity index (χ0n) is 20.3. The summed E-state index contributed by atoms with van der Waals surface area (Å²) in [6, 6.07) is 4.67. The molecule has 4 rings (SSSR count). The minimum Gasteiger partial charge on any atom is -0.493 e. The highest BCUT2D eigenvalue weighted by molar-refractivity contribution is 5.74. The first-order chi connectivity index (χ1) is 15.9. The number of nitrogens with one attached hydrogen (secondary N) is 1. The van der Waals surface area contributed by atoms with Crippen molar-refractivity contribution < 1.29 is 23.8 Å². The summed E-state index contributed by atoms with van der Waals surface area (Å²) in [6.45, 7) is 7.40. The second-order valence-electron chi connectivity index (χ2n) is 9.49. The molecule has 8 heteroatoms. The molecule has 2 heterocycles. The van der Waals surface area contributed by atoms with Crippen molar-refractivity contribution in [2.45, 2.75) is 63.5 Å². The van der Waals surface area contributed by atoms with Gasteiger partial charge in [0, 0.05) is 31.5 Å². The van der Waals surface area contributed by atoms with Crippen LogP contribution in [0.25, 0.3) is 0 Å². The third kappa shape index (κ3) is 4.63. The molecule has 33 heavy (non-hydrogen) atoms. The van der Waals surface area contributed by atoms with Crippen LogP contribution >= 0.6 is 0 Å². The van der Waals surface area contributed by atoms with Gasteiger partial charge in [0.15, 0.2) is 11.5 Å². The Morgan fingerprint density at radius 2 is 1.70 bits per heavy atom. The standard InChI is InChI=1S/C25H37N3O5/c1-5-33-24(30)28-10-6-18(7-11-28)27-12-8-25(9-13-27)16-21(26-17(2)29)19-14-22(31-3)23(32-4)15-20(19)25/h14-15,18,21H,5-13,16H2,1-4H3,(H,26,29)/t21-/m0/s1. The highest BCUT2D eigenvalue weighted by Gasteiger charge is 2.47. The number of methoxy groups -OCH3 is 2. The molecule has 2 saturated heterocycles. The summed E-state index contributed by atoms with van der Waals surface area (Å²) in [4.78, 5) is 28.4. The number of rotatable bonds is 5. The second-order valence-corrected chi connectivity index (χ2v) is 9.49. The molecule has 2 amide bonds. The van der Waals surface area contributed by atoms with Gasteiger partial charge in [-0.1, -0.05) is 0 Å². The Morgan fingerprint density at radius 1 is 1.06 bits per heavy atom. The molecule has 0 saturated carbocycles. The SMILES string of the molecule is CCOC(=O)N1CCC(N2CCC3(CC2)C[C@H](NC(C)=O)c2cc(OC)c(OC)cc23)CC1. The van der Waals surface area contributed by atoms with Crippen LogP contribution in [-0.2, 0) is 14.9 Å². The molecular weight excluding hydrogens is 422 g/mol. The Balaban J connectivity index is 1.47. The molecule has 2 fully saturated rings. The summed E-state index contributed by atoms with van der Waals surface area (Å²) in [7, 11) is 3.32. The first-order valence-electron chi connectivity index (χ1n) is 12.1. The van der Waals surface area contributed by atoms with Crippen LogP contribution in [0.3, 0.4) is 0 Å². The van der Waals surface area contributed by atoms with Gasteiger partial charge in [-0.15, -0.1) is 0 Å². The maximum atomic E-state index is 12.0. The Morgan fingerprint density at radius 3 is 2.27 bits per heavy atom. The van der Waals surface area contributed by atoms with Crippen molar-refractivity contribution in [1.82, 2.24) is 15.1 Å². The fourth-order valence-electron chi connectivity index (χ4n) is 6.05. The van der Waals surface area contributed by atoms with E-state index in [2.05, 4.69) is 16.3 Å². The van der Waals surface area contributed by atoms with Crippen LogP contribution in [0.5, 0.6) is 11.5 Å². The fraction of sp³-hybridized carbons (Fsp3) is 0.680. The Kier molecular flexibility index (Phi) is 7.02. The normalized spacial score (nSPS) is 22.7. The lowest BCUT2D eigenvalue weighted by Crippen LogP contribution is -2.51. The monoisotopic (exact) mass is 459 g/mol. The maximum absolute atomic E-state index is 12.0. The number of likely N-dealkylation sites (tertiary alicyclic amines) is 2. The van der Waals surface area contributed by atoms with Gasteiger partial charge in [0.25, 0.3) is 0 Å². The number of hydrogen-bond donors (Lipinski definition) is 1. The number of piperidine rings is 2. The number of nitrogens with zero attached hydrogens (tertiary/aromatic N) is 2. The zero-order valence-corrected chi connectivity index (χ0v) is 20.3. The zero-order chi connectivity index (χ0) is 23.6. The van der Waals surface area contributed by atoms with Crippen molar-refractivity contribution in [3.05, 3.63) is 23.3 Å². The lowest BCUT2D eigenvalue weighted by molar-refractivity contribution is -0.119. The van der Waals surface area contributed by atoms with E-state index in [1.165, 1.54) is 5.56 Å². The van der Waals surface area contributed by atoms with Crippen LogP contribution in [0.15, 0.2) is 12.1 Å². The molecule has 1 aromatic carbocycles. The van der Waals surface area contributed by atoms with Crippen LogP contribution in [-0.4, -0.2) is 74.8 Å². The van der Waals surface area contributed by atoms with E-state index in [1.807, 2.05) is 17.9 Å². The summed E-state index contributed by atoms with van der Waals surface area (Å²) in [5.41, 5.74) is 2.47. The molecule has 0 aromatic heterocycles. The van der Waals surface area contributed by atoms with Gasteiger partial charge in [-0.05, 0) is 75.4 Å². The van der Waals surface area contributed by atoms with E-state index in [0.717, 1.165) is 69.6 Å². The minimum absolute atomic E-state index is 0.00308. The maximum Gasteiger partial charge on any atom is 0.409 e. The second kappa shape index (κ2) is 9.79. The van der Waals surface area contributed by atoms with Crippen LogP contribution in [0, 0.1) is 0 Å². The first-order valence-corrected chi connectivity index (χ1v) is 12.1. The topological polar surface area (TPSA) is 80.3 Å². The average Bonchev–Trinajstić information content (AvgIpc) is 3.10. The number of ether oxygens (including phenoxy) is 3. The number of benzene rings is 1. The molecule has 1 aromatic rings. The van der Waals surface area contributed by atoms with Gasteiger partial charge in [-0.3, -0.25) is 4.79 Å². The number of carbonyl (C=O) groups excluding carboxylic acids is 2. The number of hydrogen-bond acceptors (Lipinski definition) is 6. The van der Waals surface area contributed by atoms with Gasteiger partial charge < -0.3 is 29.3 Å². The van der Waals surface area contributed by atoms with E-state index in [-0.39, 0.29) is 23.5 Å². The van der Waals surface area contributed by atoms with E-state index in [9.17, 15) is 9.59 Å². The molecule has 0 bridgehead atoms. The third-order valence-corrected chi connectivity index (χ3v) is 7.74. The predicted octanol–water partition coefficient (Wildman–Crippen LogP) is 3.24. The number of fused-ring (bicyclic) bond motifs is 2. The summed E-state index contributed by atoms with van der Waals surface area (Å²) in [6.07, 6.45) is 4.79. The van der Waals surface area contributed by atoms with Crippen LogP contribution < -0.4 is 14.8 Å². The molecule has 2 aliphatic heterocycles. The van der Waals surface area contributed by atoms with Gasteiger partial charge in [0.2, 0.25) is 5.91 Å². The van der Waals surface area contributed by atoms with Crippen LogP contribution in [0.4, 0.5) is 4.79 Å². The van der Waals surface area contributed by atoms with Crippen molar-refractivity contribution in [2.24, 2.45) is 0 Å².